The van der Waals surface area contributed by atoms with Gasteiger partial charge in [0.2, 0.25) is 5.91 Å². The van der Waals surface area contributed by atoms with E-state index in [0.717, 1.165) is 25.9 Å². The molecule has 0 fully saturated rings. The van der Waals surface area contributed by atoms with Gasteiger partial charge in [-0.2, -0.15) is 0 Å². The second kappa shape index (κ2) is 7.66. The zero-order valence-electron chi connectivity index (χ0n) is 10.7. The molecule has 5 heteroatoms. The van der Waals surface area contributed by atoms with E-state index in [2.05, 4.69) is 5.43 Å². The van der Waals surface area contributed by atoms with Crippen molar-refractivity contribution in [2.75, 3.05) is 18.0 Å². The predicted molar refractivity (Wildman–Crippen MR) is 70.5 cm³/mol. The van der Waals surface area contributed by atoms with E-state index in [1.54, 1.807) is 12.1 Å². The smallest absolute Gasteiger partial charge is 0.233 e. The highest BCUT2D eigenvalue weighted by Gasteiger charge is 2.08. The van der Waals surface area contributed by atoms with Crippen molar-refractivity contribution in [3.05, 3.63) is 30.1 Å². The first-order chi connectivity index (χ1) is 8.69. The molecular formula is C13H20FN3O. The standard InChI is InChI=1S/C13H20FN3O/c1-2-17(10-6-5-9-13(18)16-15)12-8-4-3-7-11(12)14/h3-4,7-8H,2,5-6,9-10,15H2,1H3,(H,16,18). The first-order valence-electron chi connectivity index (χ1n) is 6.18. The maximum absolute atomic E-state index is 13.6. The van der Waals surface area contributed by atoms with Crippen molar-refractivity contribution < 1.29 is 9.18 Å². The predicted octanol–water partition coefficient (Wildman–Crippen LogP) is 1.81. The number of nitrogens with two attached hydrogens (primary N) is 1. The van der Waals surface area contributed by atoms with Crippen LogP contribution in [0.15, 0.2) is 24.3 Å². The third-order valence-corrected chi connectivity index (χ3v) is 2.82. The van der Waals surface area contributed by atoms with Crippen LogP contribution in [-0.4, -0.2) is 19.0 Å². The number of rotatable bonds is 7. The van der Waals surface area contributed by atoms with Gasteiger partial charge in [-0.15, -0.1) is 0 Å². The molecule has 0 radical (unpaired) electrons. The monoisotopic (exact) mass is 253 g/mol. The van der Waals surface area contributed by atoms with Gasteiger partial charge in [-0.1, -0.05) is 12.1 Å². The van der Waals surface area contributed by atoms with Crippen LogP contribution in [0.1, 0.15) is 26.2 Å². The van der Waals surface area contributed by atoms with Crippen LogP contribution in [0.3, 0.4) is 0 Å². The molecular weight excluding hydrogens is 233 g/mol. The number of carbonyl (C=O) groups excluding carboxylic acids is 1. The van der Waals surface area contributed by atoms with E-state index in [9.17, 15) is 9.18 Å². The molecule has 0 aliphatic heterocycles. The fourth-order valence-electron chi connectivity index (χ4n) is 1.82. The van der Waals surface area contributed by atoms with E-state index in [-0.39, 0.29) is 11.7 Å². The number of unbranched alkanes of at least 4 members (excludes halogenated alkanes) is 1. The Labute approximate surface area is 107 Å². The zero-order chi connectivity index (χ0) is 13.4. The van der Waals surface area contributed by atoms with Gasteiger partial charge in [0.05, 0.1) is 5.69 Å². The number of halogens is 1. The van der Waals surface area contributed by atoms with E-state index in [4.69, 9.17) is 5.84 Å². The molecule has 3 N–H and O–H groups in total. The third-order valence-electron chi connectivity index (χ3n) is 2.82. The molecule has 0 saturated carbocycles. The minimum atomic E-state index is -0.209. The zero-order valence-corrected chi connectivity index (χ0v) is 10.7. The molecule has 0 atom stereocenters. The maximum atomic E-state index is 13.6. The van der Waals surface area contributed by atoms with Gasteiger partial charge in [-0.3, -0.25) is 10.2 Å². The lowest BCUT2D eigenvalue weighted by molar-refractivity contribution is -0.121. The summed E-state index contributed by atoms with van der Waals surface area (Å²) in [6.45, 7) is 3.46. The van der Waals surface area contributed by atoms with Crippen molar-refractivity contribution in [3.63, 3.8) is 0 Å². The number of nitrogens with zero attached hydrogens (tertiary/aromatic N) is 1. The Balaban J connectivity index is 2.43. The van der Waals surface area contributed by atoms with E-state index in [1.165, 1.54) is 6.07 Å². The summed E-state index contributed by atoms with van der Waals surface area (Å²) >= 11 is 0. The lowest BCUT2D eigenvalue weighted by Crippen LogP contribution is -2.30. The van der Waals surface area contributed by atoms with E-state index < -0.39 is 0 Å². The Bertz CT molecular complexity index is 384. The molecule has 0 saturated heterocycles. The van der Waals surface area contributed by atoms with Crippen molar-refractivity contribution in [3.8, 4) is 0 Å². The second-order valence-electron chi connectivity index (χ2n) is 4.06. The number of nitrogens with one attached hydrogen (secondary N) is 1. The fourth-order valence-corrected chi connectivity index (χ4v) is 1.82. The molecule has 0 aliphatic rings. The molecule has 1 amide bonds. The van der Waals surface area contributed by atoms with Crippen LogP contribution in [0, 0.1) is 5.82 Å². The summed E-state index contributed by atoms with van der Waals surface area (Å²) in [6.07, 6.45) is 1.98. The molecule has 100 valence electrons. The van der Waals surface area contributed by atoms with Gasteiger partial charge in [0, 0.05) is 19.5 Å². The molecule has 18 heavy (non-hydrogen) atoms. The van der Waals surface area contributed by atoms with Crippen LogP contribution in [0.4, 0.5) is 10.1 Å². The van der Waals surface area contributed by atoms with Gasteiger partial charge in [0.25, 0.3) is 0 Å². The molecule has 1 rings (SSSR count). The highest BCUT2D eigenvalue weighted by Crippen LogP contribution is 2.18. The van der Waals surface area contributed by atoms with Crippen molar-refractivity contribution in [1.82, 2.24) is 5.43 Å². The average molecular weight is 253 g/mol. The first-order valence-corrected chi connectivity index (χ1v) is 6.18. The van der Waals surface area contributed by atoms with Crippen molar-refractivity contribution in [2.45, 2.75) is 26.2 Å². The van der Waals surface area contributed by atoms with Crippen molar-refractivity contribution in [2.24, 2.45) is 5.84 Å². The molecule has 0 heterocycles. The number of hydrogen-bond donors (Lipinski definition) is 2. The van der Waals surface area contributed by atoms with Crippen molar-refractivity contribution in [1.29, 1.82) is 0 Å². The first kappa shape index (κ1) is 14.4. The van der Waals surface area contributed by atoms with Crippen LogP contribution in [0.2, 0.25) is 0 Å². The van der Waals surface area contributed by atoms with E-state index in [0.29, 0.717) is 12.1 Å². The average Bonchev–Trinajstić information content (AvgIpc) is 2.40. The molecule has 4 nitrogen and oxygen atoms in total. The van der Waals surface area contributed by atoms with Crippen LogP contribution >= 0.6 is 0 Å². The molecule has 0 aromatic heterocycles. The van der Waals surface area contributed by atoms with E-state index in [1.807, 2.05) is 17.9 Å². The summed E-state index contributed by atoms with van der Waals surface area (Å²) in [5.74, 6) is 4.62. The summed E-state index contributed by atoms with van der Waals surface area (Å²) in [4.78, 5) is 12.9. The van der Waals surface area contributed by atoms with Crippen LogP contribution in [0.25, 0.3) is 0 Å². The van der Waals surface area contributed by atoms with Gasteiger partial charge in [-0.05, 0) is 31.9 Å². The molecule has 0 bridgehead atoms. The highest BCUT2D eigenvalue weighted by atomic mass is 19.1. The fraction of sp³-hybridized carbons (Fsp3) is 0.462. The molecule has 0 aliphatic carbocycles. The van der Waals surface area contributed by atoms with Gasteiger partial charge in [0.1, 0.15) is 5.82 Å². The molecule has 1 aromatic carbocycles. The maximum Gasteiger partial charge on any atom is 0.233 e. The van der Waals surface area contributed by atoms with Gasteiger partial charge >= 0.3 is 0 Å². The minimum absolute atomic E-state index is 0.163. The SMILES string of the molecule is CCN(CCCCC(=O)NN)c1ccccc1F. The van der Waals surface area contributed by atoms with Crippen LogP contribution in [0.5, 0.6) is 0 Å². The largest absolute Gasteiger partial charge is 0.369 e. The lowest BCUT2D eigenvalue weighted by atomic mass is 10.2. The van der Waals surface area contributed by atoms with E-state index >= 15 is 0 Å². The summed E-state index contributed by atoms with van der Waals surface area (Å²) < 4.78 is 13.6. The number of hydrazine groups is 1. The number of carbonyl (C=O) groups is 1. The molecule has 1 aromatic rings. The lowest BCUT2D eigenvalue weighted by Gasteiger charge is -2.23. The van der Waals surface area contributed by atoms with Gasteiger partial charge in [-0.25, -0.2) is 10.2 Å². The van der Waals surface area contributed by atoms with Gasteiger partial charge in [0.15, 0.2) is 0 Å². The molecule has 0 unspecified atom stereocenters. The Morgan fingerprint density at radius 2 is 2.11 bits per heavy atom. The van der Waals surface area contributed by atoms with Crippen molar-refractivity contribution >= 4 is 11.6 Å². The quantitative estimate of drug-likeness (QED) is 0.337. The normalized spacial score (nSPS) is 10.2. The number of para-hydroxylation sites is 1. The number of hydrogen-bond acceptors (Lipinski definition) is 3. The third kappa shape index (κ3) is 4.33. The number of amides is 1. The van der Waals surface area contributed by atoms with Crippen LogP contribution in [-0.2, 0) is 4.79 Å². The highest BCUT2D eigenvalue weighted by molar-refractivity contribution is 5.75. The van der Waals surface area contributed by atoms with Gasteiger partial charge < -0.3 is 4.90 Å². The summed E-state index contributed by atoms with van der Waals surface area (Å²) in [5, 5.41) is 0. The number of anilines is 1. The summed E-state index contributed by atoms with van der Waals surface area (Å²) in [6, 6.07) is 6.73. The second-order valence-corrected chi connectivity index (χ2v) is 4.06. The summed E-state index contributed by atoms with van der Waals surface area (Å²) in [5.41, 5.74) is 2.71. The number of benzene rings is 1. The minimum Gasteiger partial charge on any atom is -0.369 e. The Hall–Kier alpha value is -1.62. The molecule has 0 spiro atoms. The van der Waals surface area contributed by atoms with Crippen LogP contribution < -0.4 is 16.2 Å². The Kier molecular flexibility index (Phi) is 6.14. The Morgan fingerprint density at radius 1 is 1.39 bits per heavy atom. The Morgan fingerprint density at radius 3 is 2.72 bits per heavy atom. The topological polar surface area (TPSA) is 58.4 Å². The summed E-state index contributed by atoms with van der Waals surface area (Å²) in [7, 11) is 0.